The summed E-state index contributed by atoms with van der Waals surface area (Å²) >= 11 is 0. The van der Waals surface area contributed by atoms with Gasteiger partial charge in [0.2, 0.25) is 0 Å². The molecule has 3 atom stereocenters. The Kier molecular flexibility index (Phi) is 7.42. The van der Waals surface area contributed by atoms with E-state index >= 15 is 0 Å². The predicted octanol–water partition coefficient (Wildman–Crippen LogP) is 5.22. The molecule has 4 nitrogen and oxygen atoms in total. The Balaban J connectivity index is 2.63. The molecule has 0 spiro atoms. The second-order valence-electron chi connectivity index (χ2n) is 7.55. The fraction of sp³-hybridized carbons (Fsp3) is 0.500. The van der Waals surface area contributed by atoms with Crippen molar-refractivity contribution in [2.75, 3.05) is 7.05 Å². The summed E-state index contributed by atoms with van der Waals surface area (Å²) in [7, 11) is -1.10. The van der Waals surface area contributed by atoms with Gasteiger partial charge in [-0.1, -0.05) is 64.1 Å². The molecule has 148 valence electrons. The van der Waals surface area contributed by atoms with Gasteiger partial charge in [0.25, 0.3) is 0 Å². The van der Waals surface area contributed by atoms with Crippen LogP contribution in [0.25, 0.3) is 0 Å². The Labute approximate surface area is 163 Å². The highest BCUT2D eigenvalue weighted by atomic mass is 32.2. The van der Waals surface area contributed by atoms with Crippen LogP contribution in [0.15, 0.2) is 62.7 Å². The zero-order valence-corrected chi connectivity index (χ0v) is 17.7. The zero-order valence-electron chi connectivity index (χ0n) is 16.9. The maximum atomic E-state index is 13.9. The van der Waals surface area contributed by atoms with Gasteiger partial charge in [-0.05, 0) is 30.4 Å². The summed E-state index contributed by atoms with van der Waals surface area (Å²) in [5.74, 6) is 0.159. The van der Waals surface area contributed by atoms with Gasteiger partial charge in [-0.25, -0.2) is 8.57 Å². The second-order valence-corrected chi connectivity index (χ2v) is 9.97. The highest BCUT2D eigenvalue weighted by molar-refractivity contribution is 7.97. The number of allylic oxidation sites excluding steroid dienone is 2. The maximum Gasteiger partial charge on any atom is 0.309 e. The molecule has 0 fully saturated rings. The van der Waals surface area contributed by atoms with Gasteiger partial charge in [0, 0.05) is 17.9 Å². The molecule has 0 bridgehead atoms. The lowest BCUT2D eigenvalue weighted by molar-refractivity contribution is -0.153. The van der Waals surface area contributed by atoms with Crippen molar-refractivity contribution in [1.82, 2.24) is 0 Å². The molecule has 27 heavy (non-hydrogen) atoms. The molecule has 1 aromatic rings. The molecule has 2 rings (SSSR count). The van der Waals surface area contributed by atoms with E-state index in [1.807, 2.05) is 36.4 Å². The van der Waals surface area contributed by atoms with E-state index in [1.54, 1.807) is 13.1 Å². The Morgan fingerprint density at radius 2 is 1.67 bits per heavy atom. The highest BCUT2D eigenvalue weighted by Gasteiger charge is 2.31. The van der Waals surface area contributed by atoms with Crippen LogP contribution in [0.3, 0.4) is 0 Å². The maximum absolute atomic E-state index is 13.9. The lowest BCUT2D eigenvalue weighted by atomic mass is 9.84. The molecular weight excluding hydrogens is 358 g/mol. The third-order valence-corrected chi connectivity index (χ3v) is 7.34. The lowest BCUT2D eigenvalue weighted by Crippen LogP contribution is -2.34. The topological polar surface area (TPSA) is 55.7 Å². The molecule has 1 heterocycles. The number of nitrogens with zero attached hydrogens (tertiary/aromatic N) is 1. The standard InChI is InChI=1S/C22H31NO3S/c1-16(2)20-15-19(27(25,23-5)18-11-7-6-8-12-18)13-9-10-14-21(24)26-22(20)17(3)4/h6-12,15-17,20,22H,13-14H2,1-5H3/b10-9-,19-15+/t20-,22-,27?/m0/s1. The molecule has 0 aliphatic carbocycles. The number of cyclic esters (lactones) is 1. The van der Waals surface area contributed by atoms with Crippen LogP contribution in [0.2, 0.25) is 0 Å². The number of hydrogen-bond donors (Lipinski definition) is 0. The van der Waals surface area contributed by atoms with Gasteiger partial charge in [-0.3, -0.25) is 4.79 Å². The minimum atomic E-state index is -2.71. The van der Waals surface area contributed by atoms with Crippen molar-refractivity contribution in [1.29, 1.82) is 0 Å². The molecule has 1 unspecified atom stereocenters. The number of carbonyl (C=O) groups excluding carboxylic acids is 1. The quantitative estimate of drug-likeness (QED) is 0.524. The van der Waals surface area contributed by atoms with Gasteiger partial charge >= 0.3 is 5.97 Å². The average molecular weight is 390 g/mol. The molecule has 0 radical (unpaired) electrons. The summed E-state index contributed by atoms with van der Waals surface area (Å²) in [6.07, 6.45) is 6.23. The Hall–Kier alpha value is -1.88. The fourth-order valence-corrected chi connectivity index (χ4v) is 5.31. The second kappa shape index (κ2) is 9.36. The smallest absolute Gasteiger partial charge is 0.309 e. The van der Waals surface area contributed by atoms with Gasteiger partial charge in [0.05, 0.1) is 21.0 Å². The summed E-state index contributed by atoms with van der Waals surface area (Å²) < 4.78 is 24.0. The van der Waals surface area contributed by atoms with Gasteiger partial charge < -0.3 is 4.74 Å². The molecule has 0 aromatic heterocycles. The summed E-state index contributed by atoms with van der Waals surface area (Å²) in [5.41, 5.74) is 0. The van der Waals surface area contributed by atoms with Crippen molar-refractivity contribution in [3.63, 3.8) is 0 Å². The van der Waals surface area contributed by atoms with E-state index in [4.69, 9.17) is 4.74 Å². The van der Waals surface area contributed by atoms with E-state index in [1.165, 1.54) is 0 Å². The third kappa shape index (κ3) is 5.10. The van der Waals surface area contributed by atoms with Crippen molar-refractivity contribution in [2.24, 2.45) is 22.1 Å². The molecule has 0 N–H and O–H groups in total. The van der Waals surface area contributed by atoms with E-state index in [9.17, 15) is 9.00 Å². The van der Waals surface area contributed by atoms with Crippen LogP contribution in [-0.4, -0.2) is 23.3 Å². The Bertz CT molecular complexity index is 815. The molecular formula is C22H31NO3S. The number of hydrogen-bond acceptors (Lipinski definition) is 4. The average Bonchev–Trinajstić information content (AvgIpc) is 2.65. The molecule has 1 aliphatic heterocycles. The summed E-state index contributed by atoms with van der Waals surface area (Å²) in [4.78, 5) is 13.7. The molecule has 0 saturated heterocycles. The van der Waals surface area contributed by atoms with Crippen LogP contribution in [0, 0.1) is 17.8 Å². The van der Waals surface area contributed by atoms with Crippen molar-refractivity contribution in [2.45, 2.75) is 51.5 Å². The summed E-state index contributed by atoms with van der Waals surface area (Å²) in [6, 6.07) is 9.41. The third-order valence-electron chi connectivity index (χ3n) is 4.90. The molecule has 5 heteroatoms. The van der Waals surface area contributed by atoms with Crippen LogP contribution < -0.4 is 0 Å². The van der Waals surface area contributed by atoms with Gasteiger partial charge in [0.15, 0.2) is 0 Å². The molecule has 0 amide bonds. The fourth-order valence-electron chi connectivity index (χ4n) is 3.37. The normalized spacial score (nSPS) is 26.6. The van der Waals surface area contributed by atoms with Gasteiger partial charge in [0.1, 0.15) is 6.10 Å². The largest absolute Gasteiger partial charge is 0.461 e. The first-order valence-electron chi connectivity index (χ1n) is 9.55. The van der Waals surface area contributed by atoms with E-state index in [2.05, 4.69) is 38.1 Å². The molecule has 1 aliphatic rings. The minimum Gasteiger partial charge on any atom is -0.461 e. The van der Waals surface area contributed by atoms with Gasteiger partial charge in [-0.15, -0.1) is 0 Å². The van der Waals surface area contributed by atoms with Crippen LogP contribution in [0.5, 0.6) is 0 Å². The van der Waals surface area contributed by atoms with Crippen molar-refractivity contribution >= 4 is 15.7 Å². The summed E-state index contributed by atoms with van der Waals surface area (Å²) in [5, 5.41) is 0. The van der Waals surface area contributed by atoms with Crippen molar-refractivity contribution in [3.05, 3.63) is 53.5 Å². The number of benzene rings is 1. The zero-order chi connectivity index (χ0) is 20.0. The van der Waals surface area contributed by atoms with E-state index in [0.717, 1.165) is 4.91 Å². The Morgan fingerprint density at radius 3 is 2.22 bits per heavy atom. The predicted molar refractivity (Wildman–Crippen MR) is 111 cm³/mol. The van der Waals surface area contributed by atoms with Crippen LogP contribution >= 0.6 is 0 Å². The number of carbonyl (C=O) groups is 1. The lowest BCUT2D eigenvalue weighted by Gasteiger charge is -2.32. The minimum absolute atomic E-state index is 0.0262. The van der Waals surface area contributed by atoms with Crippen molar-refractivity contribution < 1.29 is 13.7 Å². The Morgan fingerprint density at radius 1 is 1.04 bits per heavy atom. The van der Waals surface area contributed by atoms with E-state index < -0.39 is 9.73 Å². The van der Waals surface area contributed by atoms with E-state index in [0.29, 0.717) is 11.3 Å². The SMILES string of the molecule is CN=S(=O)(/C1=C/[C@@H](C(C)C)[C@H](C(C)C)OC(=O)C/C=C\C1)c1ccccc1. The van der Waals surface area contributed by atoms with Crippen LogP contribution in [0.1, 0.15) is 40.5 Å². The van der Waals surface area contributed by atoms with Crippen molar-refractivity contribution in [3.8, 4) is 0 Å². The first-order chi connectivity index (χ1) is 12.8. The number of rotatable bonds is 4. The first-order valence-corrected chi connectivity index (χ1v) is 11.1. The van der Waals surface area contributed by atoms with E-state index in [-0.39, 0.29) is 36.2 Å². The highest BCUT2D eigenvalue weighted by Crippen LogP contribution is 2.32. The number of esters is 1. The first kappa shape index (κ1) is 21.4. The molecule has 1 aromatic carbocycles. The van der Waals surface area contributed by atoms with Gasteiger partial charge in [-0.2, -0.15) is 0 Å². The molecule has 0 saturated carbocycles. The van der Waals surface area contributed by atoms with Crippen LogP contribution in [-0.2, 0) is 19.3 Å². The van der Waals surface area contributed by atoms with Crippen LogP contribution in [0.4, 0.5) is 0 Å². The summed E-state index contributed by atoms with van der Waals surface area (Å²) in [6.45, 7) is 8.33. The monoisotopic (exact) mass is 389 g/mol. The number of ether oxygens (including phenoxy) is 1.